The summed E-state index contributed by atoms with van der Waals surface area (Å²) in [5.41, 5.74) is 3.60. The summed E-state index contributed by atoms with van der Waals surface area (Å²) < 4.78 is 0. The summed E-state index contributed by atoms with van der Waals surface area (Å²) in [6, 6.07) is 25.2. The van der Waals surface area contributed by atoms with Crippen LogP contribution in [0.4, 0.5) is 17.5 Å². The fraction of sp³-hybridized carbons (Fsp3) is 0.0455. The molecule has 0 fully saturated rings. The highest BCUT2D eigenvalue weighted by molar-refractivity contribution is 6.30. The van der Waals surface area contributed by atoms with E-state index >= 15 is 0 Å². The molecule has 0 unspecified atom stereocenters. The number of benzene rings is 2. The van der Waals surface area contributed by atoms with Crippen molar-refractivity contribution in [1.82, 2.24) is 15.0 Å². The summed E-state index contributed by atoms with van der Waals surface area (Å²) in [6.07, 6.45) is 1.78. The molecular weight excluding hydrogens is 370 g/mol. The maximum atomic E-state index is 6.09. The fourth-order valence-corrected chi connectivity index (χ4v) is 2.92. The van der Waals surface area contributed by atoms with Gasteiger partial charge in [-0.2, -0.15) is 4.98 Å². The van der Waals surface area contributed by atoms with E-state index in [1.165, 1.54) is 0 Å². The maximum Gasteiger partial charge on any atom is 0.229 e. The van der Waals surface area contributed by atoms with Gasteiger partial charge in [0.25, 0.3) is 0 Å². The molecule has 2 aromatic heterocycles. The molecule has 0 spiro atoms. The van der Waals surface area contributed by atoms with Gasteiger partial charge in [0.05, 0.1) is 17.9 Å². The van der Waals surface area contributed by atoms with Crippen LogP contribution in [-0.4, -0.2) is 15.0 Å². The van der Waals surface area contributed by atoms with Gasteiger partial charge in [-0.25, -0.2) is 4.98 Å². The van der Waals surface area contributed by atoms with Crippen LogP contribution in [0.2, 0.25) is 5.02 Å². The first-order chi connectivity index (χ1) is 13.8. The van der Waals surface area contributed by atoms with Crippen molar-refractivity contribution in [3.8, 4) is 11.3 Å². The lowest BCUT2D eigenvalue weighted by atomic mass is 10.1. The summed E-state index contributed by atoms with van der Waals surface area (Å²) in [5.74, 6) is 1.20. The van der Waals surface area contributed by atoms with Crippen molar-refractivity contribution in [2.24, 2.45) is 0 Å². The molecule has 0 radical (unpaired) electrons. The lowest BCUT2D eigenvalue weighted by Gasteiger charge is -2.11. The Hall–Kier alpha value is -3.44. The van der Waals surface area contributed by atoms with Gasteiger partial charge in [0.15, 0.2) is 0 Å². The first kappa shape index (κ1) is 17.9. The van der Waals surface area contributed by atoms with Crippen molar-refractivity contribution in [1.29, 1.82) is 0 Å². The molecule has 0 atom stereocenters. The highest BCUT2D eigenvalue weighted by atomic mass is 35.5. The molecule has 0 aliphatic carbocycles. The van der Waals surface area contributed by atoms with E-state index in [0.717, 1.165) is 22.6 Å². The van der Waals surface area contributed by atoms with Crippen LogP contribution >= 0.6 is 11.6 Å². The van der Waals surface area contributed by atoms with Gasteiger partial charge in [-0.1, -0.05) is 54.1 Å². The predicted molar refractivity (Wildman–Crippen MR) is 114 cm³/mol. The van der Waals surface area contributed by atoms with Crippen molar-refractivity contribution in [3.05, 3.63) is 95.8 Å². The van der Waals surface area contributed by atoms with Crippen LogP contribution in [0.15, 0.2) is 85.1 Å². The molecule has 28 heavy (non-hydrogen) atoms. The third kappa shape index (κ3) is 4.64. The summed E-state index contributed by atoms with van der Waals surface area (Å²) >= 11 is 6.09. The summed E-state index contributed by atoms with van der Waals surface area (Å²) in [6.45, 7) is 0.572. The Morgan fingerprint density at radius 2 is 1.68 bits per heavy atom. The number of nitrogens with zero attached hydrogens (tertiary/aromatic N) is 3. The molecule has 2 aromatic carbocycles. The van der Waals surface area contributed by atoms with Crippen LogP contribution in [0.25, 0.3) is 11.3 Å². The molecule has 2 heterocycles. The molecule has 4 rings (SSSR count). The van der Waals surface area contributed by atoms with Crippen LogP contribution in [0, 0.1) is 0 Å². The molecule has 0 aliphatic heterocycles. The minimum atomic E-state index is 0.493. The normalized spacial score (nSPS) is 10.5. The van der Waals surface area contributed by atoms with Crippen LogP contribution < -0.4 is 10.6 Å². The Kier molecular flexibility index (Phi) is 5.45. The van der Waals surface area contributed by atoms with E-state index < -0.39 is 0 Å². The van der Waals surface area contributed by atoms with E-state index in [1.54, 1.807) is 6.20 Å². The summed E-state index contributed by atoms with van der Waals surface area (Å²) in [5, 5.41) is 7.21. The third-order valence-corrected chi connectivity index (χ3v) is 4.29. The second-order valence-electron chi connectivity index (χ2n) is 6.14. The van der Waals surface area contributed by atoms with Crippen molar-refractivity contribution < 1.29 is 0 Å². The lowest BCUT2D eigenvalue weighted by molar-refractivity contribution is 1.02. The molecule has 138 valence electrons. The second kappa shape index (κ2) is 8.50. The fourth-order valence-electron chi connectivity index (χ4n) is 2.73. The van der Waals surface area contributed by atoms with Crippen molar-refractivity contribution in [3.63, 3.8) is 0 Å². The van der Waals surface area contributed by atoms with E-state index in [-0.39, 0.29) is 0 Å². The monoisotopic (exact) mass is 387 g/mol. The molecule has 0 saturated heterocycles. The molecule has 6 heteroatoms. The number of rotatable bonds is 6. The van der Waals surface area contributed by atoms with E-state index in [2.05, 4.69) is 25.6 Å². The zero-order valence-electron chi connectivity index (χ0n) is 15.0. The van der Waals surface area contributed by atoms with Crippen molar-refractivity contribution in [2.75, 3.05) is 10.6 Å². The van der Waals surface area contributed by atoms with Gasteiger partial charge in [0, 0.05) is 28.5 Å². The van der Waals surface area contributed by atoms with Gasteiger partial charge in [0.1, 0.15) is 5.82 Å². The van der Waals surface area contributed by atoms with Crippen LogP contribution in [0.1, 0.15) is 5.69 Å². The number of pyridine rings is 1. The standard InChI is InChI=1S/C22H18ClN5/c23-17-9-6-11-18(13-17)26-22-27-20(16-7-2-1-3-8-16)14-21(28-22)25-15-19-10-4-5-12-24-19/h1-14H,15H2,(H2,25,26,27,28). The SMILES string of the molecule is Clc1cccc(Nc2nc(NCc3ccccn3)cc(-c3ccccc3)n2)c1. The first-order valence-electron chi connectivity index (χ1n) is 8.87. The van der Waals surface area contributed by atoms with Gasteiger partial charge in [-0.3, -0.25) is 4.98 Å². The van der Waals surface area contributed by atoms with E-state index in [1.807, 2.05) is 78.9 Å². The molecule has 0 amide bonds. The Labute approximate surface area is 168 Å². The Morgan fingerprint density at radius 1 is 0.821 bits per heavy atom. The minimum Gasteiger partial charge on any atom is -0.364 e. The number of hydrogen-bond acceptors (Lipinski definition) is 5. The number of hydrogen-bond donors (Lipinski definition) is 2. The molecule has 4 aromatic rings. The zero-order chi connectivity index (χ0) is 19.2. The molecule has 0 bridgehead atoms. The average molecular weight is 388 g/mol. The first-order valence-corrected chi connectivity index (χ1v) is 9.25. The van der Waals surface area contributed by atoms with E-state index in [0.29, 0.717) is 23.3 Å². The third-order valence-electron chi connectivity index (χ3n) is 4.05. The van der Waals surface area contributed by atoms with Crippen LogP contribution in [0.3, 0.4) is 0 Å². The largest absolute Gasteiger partial charge is 0.364 e. The quantitative estimate of drug-likeness (QED) is 0.454. The van der Waals surface area contributed by atoms with Gasteiger partial charge < -0.3 is 10.6 Å². The number of nitrogens with one attached hydrogen (secondary N) is 2. The Morgan fingerprint density at radius 3 is 2.46 bits per heavy atom. The van der Waals surface area contributed by atoms with Crippen LogP contribution in [0.5, 0.6) is 0 Å². The predicted octanol–water partition coefficient (Wildman–Crippen LogP) is 5.55. The highest BCUT2D eigenvalue weighted by Crippen LogP contribution is 2.24. The van der Waals surface area contributed by atoms with Crippen molar-refractivity contribution in [2.45, 2.75) is 6.54 Å². The average Bonchev–Trinajstić information content (AvgIpc) is 2.74. The van der Waals surface area contributed by atoms with E-state index in [4.69, 9.17) is 11.6 Å². The molecule has 5 nitrogen and oxygen atoms in total. The molecule has 2 N–H and O–H groups in total. The lowest BCUT2D eigenvalue weighted by Crippen LogP contribution is -2.06. The minimum absolute atomic E-state index is 0.493. The van der Waals surface area contributed by atoms with Gasteiger partial charge in [-0.15, -0.1) is 0 Å². The highest BCUT2D eigenvalue weighted by Gasteiger charge is 2.08. The van der Waals surface area contributed by atoms with Gasteiger partial charge >= 0.3 is 0 Å². The zero-order valence-corrected chi connectivity index (χ0v) is 15.8. The number of aromatic nitrogens is 3. The van der Waals surface area contributed by atoms with Gasteiger partial charge in [0.2, 0.25) is 5.95 Å². The maximum absolute atomic E-state index is 6.09. The smallest absolute Gasteiger partial charge is 0.229 e. The Bertz CT molecular complexity index is 1050. The molecule has 0 aliphatic rings. The second-order valence-corrected chi connectivity index (χ2v) is 6.57. The van der Waals surface area contributed by atoms with Gasteiger partial charge in [-0.05, 0) is 30.3 Å². The number of anilines is 3. The van der Waals surface area contributed by atoms with Crippen molar-refractivity contribution >= 4 is 29.1 Å². The van der Waals surface area contributed by atoms with Crippen LogP contribution in [-0.2, 0) is 6.54 Å². The molecular formula is C22H18ClN5. The molecule has 0 saturated carbocycles. The Balaban J connectivity index is 1.64. The number of halogens is 1. The summed E-state index contributed by atoms with van der Waals surface area (Å²) in [7, 11) is 0. The summed E-state index contributed by atoms with van der Waals surface area (Å²) in [4.78, 5) is 13.6. The van der Waals surface area contributed by atoms with E-state index in [9.17, 15) is 0 Å². The topological polar surface area (TPSA) is 62.7 Å².